The van der Waals surface area contributed by atoms with Crippen LogP contribution in [0.5, 0.6) is 0 Å². The highest BCUT2D eigenvalue weighted by Gasteiger charge is 2.22. The van der Waals surface area contributed by atoms with Crippen molar-refractivity contribution in [3.63, 3.8) is 0 Å². The van der Waals surface area contributed by atoms with Gasteiger partial charge in [-0.2, -0.15) is 0 Å². The van der Waals surface area contributed by atoms with Crippen molar-refractivity contribution in [2.45, 2.75) is 18.9 Å². The molecule has 4 nitrogen and oxygen atoms in total. The molecule has 0 aromatic rings. The van der Waals surface area contributed by atoms with Gasteiger partial charge in [0.15, 0.2) is 0 Å². The molecule has 2 atom stereocenters. The molecule has 2 saturated heterocycles. The summed E-state index contributed by atoms with van der Waals surface area (Å²) in [6.07, 6.45) is 2.76. The fourth-order valence-corrected chi connectivity index (χ4v) is 3.18. The van der Waals surface area contributed by atoms with Gasteiger partial charge in [-0.1, -0.05) is 0 Å². The van der Waals surface area contributed by atoms with Crippen molar-refractivity contribution in [3.8, 4) is 0 Å². The lowest BCUT2D eigenvalue weighted by Crippen LogP contribution is -2.53. The average Bonchev–Trinajstić information content (AvgIpc) is 2.76. The molecule has 0 bridgehead atoms. The molecule has 0 aliphatic carbocycles. The topological polar surface area (TPSA) is 21.8 Å². The lowest BCUT2D eigenvalue weighted by atomic mass is 10.0. The Kier molecular flexibility index (Phi) is 5.42. The summed E-state index contributed by atoms with van der Waals surface area (Å²) in [6, 6.07) is 0.690. The summed E-state index contributed by atoms with van der Waals surface area (Å²) < 4.78 is 0. The van der Waals surface area contributed by atoms with Gasteiger partial charge in [-0.25, -0.2) is 0 Å². The van der Waals surface area contributed by atoms with Gasteiger partial charge < -0.3 is 15.1 Å². The van der Waals surface area contributed by atoms with Crippen LogP contribution in [0.15, 0.2) is 0 Å². The highest BCUT2D eigenvalue weighted by atomic mass is 15.2. The summed E-state index contributed by atoms with van der Waals surface area (Å²) in [5.41, 5.74) is 0. The molecular formula is C14H30N4. The second-order valence-corrected chi connectivity index (χ2v) is 6.31. The van der Waals surface area contributed by atoms with Crippen LogP contribution in [0.1, 0.15) is 12.8 Å². The third kappa shape index (κ3) is 4.19. The van der Waals surface area contributed by atoms with E-state index in [1.54, 1.807) is 0 Å². The quantitative estimate of drug-likeness (QED) is 0.755. The maximum Gasteiger partial charge on any atom is 0.0345 e. The molecule has 2 rings (SSSR count). The standard InChI is InChI=1S/C14H30N4/c1-16-7-4-13(11-16)5-8-17(2)12-14-10-15-6-9-18(14)3/h13-15H,4-12H2,1-3H3. The van der Waals surface area contributed by atoms with Crippen molar-refractivity contribution >= 4 is 0 Å². The minimum atomic E-state index is 0.690. The van der Waals surface area contributed by atoms with Crippen molar-refractivity contribution in [2.24, 2.45) is 5.92 Å². The van der Waals surface area contributed by atoms with Gasteiger partial charge in [0.05, 0.1) is 0 Å². The predicted molar refractivity (Wildman–Crippen MR) is 77.0 cm³/mol. The number of hydrogen-bond acceptors (Lipinski definition) is 4. The Labute approximate surface area is 112 Å². The van der Waals surface area contributed by atoms with E-state index in [1.807, 2.05) is 0 Å². The zero-order valence-electron chi connectivity index (χ0n) is 12.4. The minimum Gasteiger partial charge on any atom is -0.314 e. The molecule has 0 aromatic carbocycles. The largest absolute Gasteiger partial charge is 0.314 e. The molecular weight excluding hydrogens is 224 g/mol. The van der Waals surface area contributed by atoms with Crippen molar-refractivity contribution in [1.82, 2.24) is 20.0 Å². The third-order valence-corrected chi connectivity index (χ3v) is 4.58. The van der Waals surface area contributed by atoms with E-state index >= 15 is 0 Å². The van der Waals surface area contributed by atoms with Gasteiger partial charge in [0, 0.05) is 38.8 Å². The van der Waals surface area contributed by atoms with Crippen molar-refractivity contribution in [2.75, 3.05) is 67.0 Å². The van der Waals surface area contributed by atoms with Gasteiger partial charge in [-0.3, -0.25) is 4.90 Å². The zero-order chi connectivity index (χ0) is 13.0. The summed E-state index contributed by atoms with van der Waals surface area (Å²) in [5, 5.41) is 3.50. The lowest BCUT2D eigenvalue weighted by molar-refractivity contribution is 0.149. The van der Waals surface area contributed by atoms with Crippen molar-refractivity contribution in [3.05, 3.63) is 0 Å². The summed E-state index contributed by atoms with van der Waals surface area (Å²) in [5.74, 6) is 0.930. The molecule has 2 heterocycles. The van der Waals surface area contributed by atoms with E-state index in [1.165, 1.54) is 45.6 Å². The highest BCUT2D eigenvalue weighted by molar-refractivity contribution is 4.80. The smallest absolute Gasteiger partial charge is 0.0345 e. The summed E-state index contributed by atoms with van der Waals surface area (Å²) >= 11 is 0. The van der Waals surface area contributed by atoms with E-state index in [4.69, 9.17) is 0 Å². The molecule has 2 aliphatic heterocycles. The minimum absolute atomic E-state index is 0.690. The number of likely N-dealkylation sites (tertiary alicyclic amines) is 1. The van der Waals surface area contributed by atoms with E-state index < -0.39 is 0 Å². The number of nitrogens with zero attached hydrogens (tertiary/aromatic N) is 3. The first-order chi connectivity index (χ1) is 8.65. The average molecular weight is 254 g/mol. The van der Waals surface area contributed by atoms with Crippen LogP contribution in [-0.4, -0.2) is 87.7 Å². The molecule has 4 heteroatoms. The summed E-state index contributed by atoms with van der Waals surface area (Å²) in [4.78, 5) is 7.48. The number of piperazine rings is 1. The molecule has 106 valence electrons. The van der Waals surface area contributed by atoms with Gasteiger partial charge in [0.25, 0.3) is 0 Å². The maximum absolute atomic E-state index is 3.50. The molecule has 18 heavy (non-hydrogen) atoms. The number of nitrogens with one attached hydrogen (secondary N) is 1. The zero-order valence-corrected chi connectivity index (χ0v) is 12.4. The van der Waals surface area contributed by atoms with Crippen LogP contribution in [-0.2, 0) is 0 Å². The Morgan fingerprint density at radius 2 is 2.11 bits per heavy atom. The molecule has 1 N–H and O–H groups in total. The molecule has 2 aliphatic rings. The van der Waals surface area contributed by atoms with Crippen LogP contribution < -0.4 is 5.32 Å². The van der Waals surface area contributed by atoms with Crippen LogP contribution in [0.2, 0.25) is 0 Å². The Morgan fingerprint density at radius 1 is 1.28 bits per heavy atom. The SMILES string of the molecule is CN1CCC(CCN(C)CC2CNCCN2C)C1. The Bertz CT molecular complexity index is 246. The third-order valence-electron chi connectivity index (χ3n) is 4.58. The van der Waals surface area contributed by atoms with Gasteiger partial charge in [-0.15, -0.1) is 0 Å². The lowest BCUT2D eigenvalue weighted by Gasteiger charge is -2.35. The van der Waals surface area contributed by atoms with E-state index in [9.17, 15) is 0 Å². The summed E-state index contributed by atoms with van der Waals surface area (Å²) in [7, 11) is 6.78. The first-order valence-electron chi connectivity index (χ1n) is 7.43. The first-order valence-corrected chi connectivity index (χ1v) is 7.43. The maximum atomic E-state index is 3.50. The van der Waals surface area contributed by atoms with Gasteiger partial charge in [0.1, 0.15) is 0 Å². The fraction of sp³-hybridized carbons (Fsp3) is 1.00. The van der Waals surface area contributed by atoms with Crippen LogP contribution >= 0.6 is 0 Å². The molecule has 0 aromatic heterocycles. The second-order valence-electron chi connectivity index (χ2n) is 6.31. The van der Waals surface area contributed by atoms with Crippen LogP contribution in [0, 0.1) is 5.92 Å². The molecule has 2 unspecified atom stereocenters. The highest BCUT2D eigenvalue weighted by Crippen LogP contribution is 2.18. The van der Waals surface area contributed by atoms with Crippen molar-refractivity contribution in [1.29, 1.82) is 0 Å². The van der Waals surface area contributed by atoms with Crippen LogP contribution in [0.4, 0.5) is 0 Å². The van der Waals surface area contributed by atoms with Crippen LogP contribution in [0.25, 0.3) is 0 Å². The Hall–Kier alpha value is -0.160. The van der Waals surface area contributed by atoms with E-state index in [2.05, 4.69) is 41.2 Å². The Morgan fingerprint density at radius 3 is 2.78 bits per heavy atom. The fourth-order valence-electron chi connectivity index (χ4n) is 3.18. The number of likely N-dealkylation sites (N-methyl/N-ethyl adjacent to an activating group) is 2. The van der Waals surface area contributed by atoms with E-state index in [0.717, 1.165) is 19.0 Å². The molecule has 0 spiro atoms. The summed E-state index contributed by atoms with van der Waals surface area (Å²) in [6.45, 7) is 8.53. The predicted octanol–water partition coefficient (Wildman–Crippen LogP) is 0.164. The van der Waals surface area contributed by atoms with Gasteiger partial charge in [-0.05, 0) is 53.0 Å². The number of hydrogen-bond donors (Lipinski definition) is 1. The molecule has 0 radical (unpaired) electrons. The van der Waals surface area contributed by atoms with Gasteiger partial charge >= 0.3 is 0 Å². The Balaban J connectivity index is 1.63. The van der Waals surface area contributed by atoms with E-state index in [0.29, 0.717) is 6.04 Å². The molecule has 0 saturated carbocycles. The van der Waals surface area contributed by atoms with E-state index in [-0.39, 0.29) is 0 Å². The van der Waals surface area contributed by atoms with Gasteiger partial charge in [0.2, 0.25) is 0 Å². The van der Waals surface area contributed by atoms with Crippen molar-refractivity contribution < 1.29 is 0 Å². The first kappa shape index (κ1) is 14.3. The molecule has 0 amide bonds. The molecule has 2 fully saturated rings. The second kappa shape index (κ2) is 6.85. The number of rotatable bonds is 5. The monoisotopic (exact) mass is 254 g/mol. The normalized spacial score (nSPS) is 31.3. The van der Waals surface area contributed by atoms with Crippen LogP contribution in [0.3, 0.4) is 0 Å².